The van der Waals surface area contributed by atoms with Gasteiger partial charge in [0.25, 0.3) is 0 Å². The van der Waals surface area contributed by atoms with E-state index in [4.69, 9.17) is 0 Å². The largest absolute Gasteiger partial charge is 0.407 e. The second-order valence-electron chi connectivity index (χ2n) is 4.24. The molecule has 1 rings (SSSR count). The lowest BCUT2D eigenvalue weighted by molar-refractivity contribution is -0.159. The number of alkyl halides is 3. The van der Waals surface area contributed by atoms with Crippen LogP contribution in [0.3, 0.4) is 0 Å². The van der Waals surface area contributed by atoms with Crippen molar-refractivity contribution in [2.45, 2.75) is 44.9 Å². The van der Waals surface area contributed by atoms with Crippen molar-refractivity contribution in [2.24, 2.45) is 0 Å². The van der Waals surface area contributed by atoms with E-state index in [-0.39, 0.29) is 11.6 Å². The van der Waals surface area contributed by atoms with E-state index in [0.717, 1.165) is 12.8 Å². The molecule has 1 aromatic rings. The molecule has 0 aliphatic carbocycles. The van der Waals surface area contributed by atoms with E-state index in [2.05, 4.69) is 5.32 Å². The molecule has 0 spiro atoms. The van der Waals surface area contributed by atoms with Crippen LogP contribution in [0.15, 0.2) is 30.3 Å². The molecule has 0 saturated heterocycles. The van der Waals surface area contributed by atoms with Crippen molar-refractivity contribution in [3.8, 4) is 0 Å². The third kappa shape index (κ3) is 4.38. The first-order chi connectivity index (χ1) is 7.95. The fourth-order valence-electron chi connectivity index (χ4n) is 1.83. The highest BCUT2D eigenvalue weighted by Crippen LogP contribution is 2.33. The maximum atomic E-state index is 12.9. The molecular formula is C13H18F3N. The molecule has 2 atom stereocenters. The molecule has 4 heteroatoms. The number of hydrogen-bond acceptors (Lipinski definition) is 1. The van der Waals surface area contributed by atoms with Crippen molar-refractivity contribution in [3.63, 3.8) is 0 Å². The lowest BCUT2D eigenvalue weighted by Gasteiger charge is -2.25. The predicted molar refractivity (Wildman–Crippen MR) is 62.7 cm³/mol. The highest BCUT2D eigenvalue weighted by Gasteiger charge is 2.41. The topological polar surface area (TPSA) is 12.0 Å². The zero-order valence-electron chi connectivity index (χ0n) is 10.1. The average molecular weight is 245 g/mol. The molecule has 17 heavy (non-hydrogen) atoms. The van der Waals surface area contributed by atoms with Gasteiger partial charge in [0.1, 0.15) is 6.04 Å². The molecule has 0 heterocycles. The van der Waals surface area contributed by atoms with Crippen LogP contribution in [0.5, 0.6) is 0 Å². The van der Waals surface area contributed by atoms with Crippen molar-refractivity contribution in [1.82, 2.24) is 5.32 Å². The summed E-state index contributed by atoms with van der Waals surface area (Å²) in [7, 11) is 0. The molecule has 0 amide bonds. The van der Waals surface area contributed by atoms with Gasteiger partial charge in [0.05, 0.1) is 0 Å². The molecule has 0 saturated carbocycles. The number of halogens is 3. The van der Waals surface area contributed by atoms with Crippen molar-refractivity contribution in [2.75, 3.05) is 0 Å². The fourth-order valence-corrected chi connectivity index (χ4v) is 1.83. The summed E-state index contributed by atoms with van der Waals surface area (Å²) in [6, 6.07) is 6.25. The minimum absolute atomic E-state index is 0.146. The maximum Gasteiger partial charge on any atom is 0.407 e. The van der Waals surface area contributed by atoms with E-state index in [1.807, 2.05) is 6.92 Å². The standard InChI is InChI=1S/C13H18F3N/c1-3-7-10(2)17-12(13(14,15)16)11-8-5-4-6-9-11/h4-6,8-10,12,17H,3,7H2,1-2H3. The van der Waals surface area contributed by atoms with Gasteiger partial charge in [-0.15, -0.1) is 0 Å². The summed E-state index contributed by atoms with van der Waals surface area (Å²) in [5, 5.41) is 2.65. The van der Waals surface area contributed by atoms with Gasteiger partial charge in [0, 0.05) is 6.04 Å². The van der Waals surface area contributed by atoms with Gasteiger partial charge in [-0.2, -0.15) is 13.2 Å². The minimum atomic E-state index is -4.26. The zero-order chi connectivity index (χ0) is 12.9. The smallest absolute Gasteiger partial charge is 0.300 e. The van der Waals surface area contributed by atoms with E-state index < -0.39 is 12.2 Å². The Hall–Kier alpha value is -1.03. The van der Waals surface area contributed by atoms with E-state index in [1.165, 1.54) is 12.1 Å². The van der Waals surface area contributed by atoms with E-state index >= 15 is 0 Å². The van der Waals surface area contributed by atoms with Gasteiger partial charge in [-0.25, -0.2) is 0 Å². The normalized spacial score (nSPS) is 15.6. The maximum absolute atomic E-state index is 12.9. The monoisotopic (exact) mass is 245 g/mol. The Kier molecular flexibility index (Phi) is 5.00. The summed E-state index contributed by atoms with van der Waals surface area (Å²) in [6.45, 7) is 3.74. The van der Waals surface area contributed by atoms with Gasteiger partial charge in [-0.1, -0.05) is 43.7 Å². The van der Waals surface area contributed by atoms with Crippen LogP contribution < -0.4 is 5.32 Å². The number of hydrogen-bond donors (Lipinski definition) is 1. The van der Waals surface area contributed by atoms with Gasteiger partial charge < -0.3 is 0 Å². The minimum Gasteiger partial charge on any atom is -0.300 e. The molecule has 1 N–H and O–H groups in total. The molecule has 0 aromatic heterocycles. The molecule has 0 bridgehead atoms. The highest BCUT2D eigenvalue weighted by atomic mass is 19.4. The highest BCUT2D eigenvalue weighted by molar-refractivity contribution is 5.20. The van der Waals surface area contributed by atoms with Crippen LogP contribution in [0, 0.1) is 0 Å². The second kappa shape index (κ2) is 6.05. The van der Waals surface area contributed by atoms with E-state index in [1.54, 1.807) is 25.1 Å². The van der Waals surface area contributed by atoms with Gasteiger partial charge in [0.2, 0.25) is 0 Å². The van der Waals surface area contributed by atoms with Crippen LogP contribution >= 0.6 is 0 Å². The number of rotatable bonds is 5. The summed E-state index contributed by atoms with van der Waals surface area (Å²) < 4.78 is 38.8. The van der Waals surface area contributed by atoms with Gasteiger partial charge in [-0.05, 0) is 18.9 Å². The summed E-state index contributed by atoms with van der Waals surface area (Å²) in [6.07, 6.45) is -2.66. The number of nitrogens with one attached hydrogen (secondary N) is 1. The Bertz CT molecular complexity index is 321. The van der Waals surface area contributed by atoms with Crippen LogP contribution in [0.1, 0.15) is 38.3 Å². The Balaban J connectivity index is 2.83. The molecular weight excluding hydrogens is 227 g/mol. The SMILES string of the molecule is CCCC(C)NC(c1ccccc1)C(F)(F)F. The van der Waals surface area contributed by atoms with Crippen molar-refractivity contribution < 1.29 is 13.2 Å². The molecule has 0 radical (unpaired) electrons. The first kappa shape index (κ1) is 14.0. The Morgan fingerprint density at radius 1 is 1.18 bits per heavy atom. The lowest BCUT2D eigenvalue weighted by Crippen LogP contribution is -2.39. The summed E-state index contributed by atoms with van der Waals surface area (Å²) in [5.41, 5.74) is 0.267. The van der Waals surface area contributed by atoms with E-state index in [9.17, 15) is 13.2 Å². The molecule has 0 fully saturated rings. The van der Waals surface area contributed by atoms with Crippen LogP contribution in [-0.2, 0) is 0 Å². The van der Waals surface area contributed by atoms with Crippen LogP contribution in [0.25, 0.3) is 0 Å². The second-order valence-corrected chi connectivity index (χ2v) is 4.24. The van der Waals surface area contributed by atoms with Crippen LogP contribution in [0.2, 0.25) is 0 Å². The number of benzene rings is 1. The lowest BCUT2D eigenvalue weighted by atomic mass is 10.0. The van der Waals surface area contributed by atoms with Gasteiger partial charge in [-0.3, -0.25) is 5.32 Å². The summed E-state index contributed by atoms with van der Waals surface area (Å²) in [4.78, 5) is 0. The zero-order valence-corrected chi connectivity index (χ0v) is 10.1. The molecule has 1 aromatic carbocycles. The molecule has 0 aliphatic heterocycles. The summed E-state index contributed by atoms with van der Waals surface area (Å²) >= 11 is 0. The summed E-state index contributed by atoms with van der Waals surface area (Å²) in [5.74, 6) is 0. The van der Waals surface area contributed by atoms with Crippen LogP contribution in [0.4, 0.5) is 13.2 Å². The van der Waals surface area contributed by atoms with Crippen molar-refractivity contribution in [1.29, 1.82) is 0 Å². The first-order valence-electron chi connectivity index (χ1n) is 5.83. The first-order valence-corrected chi connectivity index (χ1v) is 5.83. The van der Waals surface area contributed by atoms with Gasteiger partial charge >= 0.3 is 6.18 Å². The molecule has 1 nitrogen and oxygen atoms in total. The predicted octanol–water partition coefficient (Wildman–Crippen LogP) is 4.07. The fraction of sp³-hybridized carbons (Fsp3) is 0.538. The molecule has 2 unspecified atom stereocenters. The third-order valence-electron chi connectivity index (χ3n) is 2.63. The molecule has 0 aliphatic rings. The van der Waals surface area contributed by atoms with Crippen molar-refractivity contribution >= 4 is 0 Å². The molecule has 96 valence electrons. The Morgan fingerprint density at radius 3 is 2.24 bits per heavy atom. The van der Waals surface area contributed by atoms with E-state index in [0.29, 0.717) is 0 Å². The third-order valence-corrected chi connectivity index (χ3v) is 2.63. The average Bonchev–Trinajstić information content (AvgIpc) is 2.26. The van der Waals surface area contributed by atoms with Crippen molar-refractivity contribution in [3.05, 3.63) is 35.9 Å². The van der Waals surface area contributed by atoms with Crippen LogP contribution in [-0.4, -0.2) is 12.2 Å². The van der Waals surface area contributed by atoms with Gasteiger partial charge in [0.15, 0.2) is 0 Å². The Morgan fingerprint density at radius 2 is 1.76 bits per heavy atom. The Labute approximate surface area is 100 Å². The quantitative estimate of drug-likeness (QED) is 0.824.